The number of hydrogen-bond acceptors (Lipinski definition) is 1. The summed E-state index contributed by atoms with van der Waals surface area (Å²) in [5.41, 5.74) is 0. The quantitative estimate of drug-likeness (QED) is 0.730. The molecule has 0 bridgehead atoms. The molecule has 1 nitrogen and oxygen atoms in total. The summed E-state index contributed by atoms with van der Waals surface area (Å²) in [5.74, 6) is 4.25. The topological polar surface area (TPSA) is 12.0 Å². The minimum absolute atomic E-state index is 0.983. The van der Waals surface area contributed by atoms with E-state index in [0.717, 1.165) is 23.7 Å². The van der Waals surface area contributed by atoms with Crippen molar-refractivity contribution in [3.8, 4) is 0 Å². The lowest BCUT2D eigenvalue weighted by atomic mass is 9.76. The second-order valence-electron chi connectivity index (χ2n) is 5.50. The minimum Gasteiger partial charge on any atom is -0.319 e. The van der Waals surface area contributed by atoms with Gasteiger partial charge in [-0.05, 0) is 69.4 Å². The molecule has 2 fully saturated rings. The van der Waals surface area contributed by atoms with Gasteiger partial charge in [-0.2, -0.15) is 0 Å². The van der Waals surface area contributed by atoms with E-state index in [2.05, 4.69) is 19.3 Å². The van der Waals surface area contributed by atoms with Gasteiger partial charge in [0.1, 0.15) is 0 Å². The van der Waals surface area contributed by atoms with Gasteiger partial charge >= 0.3 is 0 Å². The average Bonchev–Trinajstić information content (AvgIpc) is 2.60. The van der Waals surface area contributed by atoms with Crippen LogP contribution in [0.1, 0.15) is 45.4 Å². The van der Waals surface area contributed by atoms with Crippen molar-refractivity contribution in [1.29, 1.82) is 0 Å². The highest BCUT2D eigenvalue weighted by atomic mass is 14.8. The fraction of sp³-hybridized carbons (Fsp3) is 1.00. The molecule has 2 aliphatic rings. The predicted octanol–water partition coefficient (Wildman–Crippen LogP) is 3.06. The van der Waals surface area contributed by atoms with Crippen molar-refractivity contribution in [2.24, 2.45) is 23.7 Å². The average molecular weight is 195 g/mol. The van der Waals surface area contributed by atoms with Gasteiger partial charge in [0.2, 0.25) is 0 Å². The van der Waals surface area contributed by atoms with Gasteiger partial charge in [-0.15, -0.1) is 0 Å². The Morgan fingerprint density at radius 3 is 2.43 bits per heavy atom. The molecule has 1 heteroatoms. The zero-order valence-electron chi connectivity index (χ0n) is 9.76. The Bertz CT molecular complexity index is 178. The third-order valence-electron chi connectivity index (χ3n) is 4.59. The highest BCUT2D eigenvalue weighted by Gasteiger charge is 2.37. The van der Waals surface area contributed by atoms with Crippen LogP contribution in [-0.2, 0) is 0 Å². The third kappa shape index (κ3) is 2.13. The molecule has 4 atom stereocenters. The van der Waals surface area contributed by atoms with Crippen molar-refractivity contribution in [1.82, 2.24) is 5.32 Å². The normalized spacial score (nSPS) is 42.4. The van der Waals surface area contributed by atoms with Crippen LogP contribution in [0.3, 0.4) is 0 Å². The first-order chi connectivity index (χ1) is 6.83. The van der Waals surface area contributed by atoms with E-state index in [-0.39, 0.29) is 0 Å². The molecular weight excluding hydrogens is 170 g/mol. The number of hydrogen-bond donors (Lipinski definition) is 1. The van der Waals surface area contributed by atoms with Crippen molar-refractivity contribution in [2.45, 2.75) is 45.4 Å². The summed E-state index contributed by atoms with van der Waals surface area (Å²) in [6.07, 6.45) is 9.03. The van der Waals surface area contributed by atoms with Gasteiger partial charge in [0.15, 0.2) is 0 Å². The van der Waals surface area contributed by atoms with Crippen molar-refractivity contribution in [2.75, 3.05) is 13.6 Å². The second kappa shape index (κ2) is 4.65. The van der Waals surface area contributed by atoms with Gasteiger partial charge < -0.3 is 5.32 Å². The summed E-state index contributed by atoms with van der Waals surface area (Å²) in [7, 11) is 2.09. The highest BCUT2D eigenvalue weighted by Crippen LogP contribution is 2.47. The SMILES string of the molecule is CCC1CC2CCC(CNC)CC2C1. The molecule has 0 aromatic rings. The molecule has 0 aromatic carbocycles. The Morgan fingerprint density at radius 1 is 1.00 bits per heavy atom. The number of fused-ring (bicyclic) bond motifs is 1. The van der Waals surface area contributed by atoms with Gasteiger partial charge in [-0.1, -0.05) is 13.3 Å². The summed E-state index contributed by atoms with van der Waals surface area (Å²) in [6, 6.07) is 0. The fourth-order valence-electron chi connectivity index (χ4n) is 3.78. The first kappa shape index (κ1) is 10.5. The first-order valence-corrected chi connectivity index (χ1v) is 6.48. The van der Waals surface area contributed by atoms with E-state index in [1.807, 2.05) is 0 Å². The van der Waals surface area contributed by atoms with E-state index in [1.54, 1.807) is 12.8 Å². The summed E-state index contributed by atoms with van der Waals surface area (Å²) < 4.78 is 0. The van der Waals surface area contributed by atoms with Crippen LogP contribution in [0.5, 0.6) is 0 Å². The fourth-order valence-corrected chi connectivity index (χ4v) is 3.78. The van der Waals surface area contributed by atoms with E-state index < -0.39 is 0 Å². The van der Waals surface area contributed by atoms with Crippen molar-refractivity contribution in [3.63, 3.8) is 0 Å². The predicted molar refractivity (Wildman–Crippen MR) is 61.3 cm³/mol. The van der Waals surface area contributed by atoms with Gasteiger partial charge in [0.25, 0.3) is 0 Å². The Kier molecular flexibility index (Phi) is 3.48. The molecule has 0 spiro atoms. The maximum Gasteiger partial charge on any atom is -0.00234 e. The minimum atomic E-state index is 0.983. The van der Waals surface area contributed by atoms with Gasteiger partial charge in [0.05, 0.1) is 0 Å². The zero-order chi connectivity index (χ0) is 9.97. The maximum absolute atomic E-state index is 3.34. The van der Waals surface area contributed by atoms with Crippen LogP contribution in [0.2, 0.25) is 0 Å². The van der Waals surface area contributed by atoms with Gasteiger partial charge in [0, 0.05) is 0 Å². The Morgan fingerprint density at radius 2 is 1.71 bits per heavy atom. The lowest BCUT2D eigenvalue weighted by molar-refractivity contribution is 0.207. The van der Waals surface area contributed by atoms with E-state index in [9.17, 15) is 0 Å². The zero-order valence-corrected chi connectivity index (χ0v) is 9.76. The molecule has 2 aliphatic carbocycles. The smallest absolute Gasteiger partial charge is 0.00234 e. The van der Waals surface area contributed by atoms with Crippen molar-refractivity contribution < 1.29 is 0 Å². The van der Waals surface area contributed by atoms with Crippen LogP contribution >= 0.6 is 0 Å². The molecule has 2 rings (SSSR count). The van der Waals surface area contributed by atoms with Crippen molar-refractivity contribution >= 4 is 0 Å². The lowest BCUT2D eigenvalue weighted by Crippen LogP contribution is -2.27. The summed E-state index contributed by atoms with van der Waals surface area (Å²) in [5, 5.41) is 3.34. The van der Waals surface area contributed by atoms with Crippen LogP contribution in [0, 0.1) is 23.7 Å². The number of rotatable bonds is 3. The molecule has 0 amide bonds. The Hall–Kier alpha value is -0.0400. The monoisotopic (exact) mass is 195 g/mol. The molecular formula is C13H25N. The Labute approximate surface area is 88.7 Å². The van der Waals surface area contributed by atoms with E-state index in [0.29, 0.717) is 0 Å². The molecule has 82 valence electrons. The highest BCUT2D eigenvalue weighted by molar-refractivity contribution is 4.88. The molecule has 0 aliphatic heterocycles. The molecule has 2 saturated carbocycles. The molecule has 14 heavy (non-hydrogen) atoms. The van der Waals surface area contributed by atoms with E-state index in [4.69, 9.17) is 0 Å². The van der Waals surface area contributed by atoms with Gasteiger partial charge in [-0.25, -0.2) is 0 Å². The Balaban J connectivity index is 1.85. The number of nitrogens with one attached hydrogen (secondary N) is 1. The molecule has 0 aromatic heterocycles. The largest absolute Gasteiger partial charge is 0.319 e. The van der Waals surface area contributed by atoms with Crippen LogP contribution in [0.25, 0.3) is 0 Å². The molecule has 0 saturated heterocycles. The lowest BCUT2D eigenvalue weighted by Gasteiger charge is -2.31. The van der Waals surface area contributed by atoms with Crippen LogP contribution in [0.15, 0.2) is 0 Å². The molecule has 4 unspecified atom stereocenters. The second-order valence-corrected chi connectivity index (χ2v) is 5.50. The maximum atomic E-state index is 3.34. The van der Waals surface area contributed by atoms with Crippen LogP contribution < -0.4 is 5.32 Å². The van der Waals surface area contributed by atoms with E-state index in [1.165, 1.54) is 32.2 Å². The summed E-state index contributed by atoms with van der Waals surface area (Å²) in [4.78, 5) is 0. The van der Waals surface area contributed by atoms with Gasteiger partial charge in [-0.3, -0.25) is 0 Å². The first-order valence-electron chi connectivity index (χ1n) is 6.48. The van der Waals surface area contributed by atoms with Crippen LogP contribution in [0.4, 0.5) is 0 Å². The summed E-state index contributed by atoms with van der Waals surface area (Å²) >= 11 is 0. The van der Waals surface area contributed by atoms with Crippen LogP contribution in [-0.4, -0.2) is 13.6 Å². The molecule has 0 radical (unpaired) electrons. The molecule has 0 heterocycles. The van der Waals surface area contributed by atoms with Crippen molar-refractivity contribution in [3.05, 3.63) is 0 Å². The molecule has 1 N–H and O–H groups in total. The summed E-state index contributed by atoms with van der Waals surface area (Å²) in [6.45, 7) is 3.62. The third-order valence-corrected chi connectivity index (χ3v) is 4.59. The standard InChI is InChI=1S/C13H25N/c1-3-10-6-12-5-4-11(9-14-2)8-13(12)7-10/h10-14H,3-9H2,1-2H3. The van der Waals surface area contributed by atoms with E-state index >= 15 is 0 Å².